The van der Waals surface area contributed by atoms with Crippen LogP contribution in [0, 0.1) is 0 Å². The summed E-state index contributed by atoms with van der Waals surface area (Å²) in [5.74, 6) is -1.80. The Morgan fingerprint density at radius 2 is 1.17 bits per heavy atom. The van der Waals surface area contributed by atoms with Crippen molar-refractivity contribution in [3.63, 3.8) is 0 Å². The minimum Gasteiger partial charge on any atom is -0.544 e. The summed E-state index contributed by atoms with van der Waals surface area (Å²) in [5.41, 5.74) is 0. The second-order valence-corrected chi connectivity index (χ2v) is 13.4. The number of carboxylic acid groups (broad SMARTS) is 1. The first-order valence-electron chi connectivity index (χ1n) is 18.7. The van der Waals surface area contributed by atoms with Gasteiger partial charge < -0.3 is 28.6 Å². The predicted molar refractivity (Wildman–Crippen MR) is 194 cm³/mol. The summed E-state index contributed by atoms with van der Waals surface area (Å²) < 4.78 is 17.0. The summed E-state index contributed by atoms with van der Waals surface area (Å²) >= 11 is 0. The monoisotopic (exact) mass is 676 g/mol. The molecule has 0 saturated carbocycles. The minimum absolute atomic E-state index is 0.0237. The Kier molecular flexibility index (Phi) is 29.8. The van der Waals surface area contributed by atoms with E-state index in [-0.39, 0.29) is 49.1 Å². The van der Waals surface area contributed by atoms with E-state index in [1.165, 1.54) is 38.5 Å². The molecular formula is C40H69NO7. The van der Waals surface area contributed by atoms with E-state index in [1.54, 1.807) is 21.1 Å². The van der Waals surface area contributed by atoms with Crippen molar-refractivity contribution in [1.29, 1.82) is 0 Å². The summed E-state index contributed by atoms with van der Waals surface area (Å²) in [7, 11) is 5.37. The molecule has 0 aromatic heterocycles. The first kappa shape index (κ1) is 45.3. The lowest BCUT2D eigenvalue weighted by Gasteiger charge is -2.34. The summed E-state index contributed by atoms with van der Waals surface area (Å²) in [6.45, 7) is 4.45. The van der Waals surface area contributed by atoms with Gasteiger partial charge in [-0.05, 0) is 51.4 Å². The maximum absolute atomic E-state index is 12.6. The number of ether oxygens (including phenoxy) is 3. The molecule has 2 atom stereocenters. The normalized spacial score (nSPS) is 13.6. The highest BCUT2D eigenvalue weighted by atomic mass is 16.6. The number of nitrogens with zero attached hydrogens (tertiary/aromatic N) is 1. The Hall–Kier alpha value is -2.71. The summed E-state index contributed by atoms with van der Waals surface area (Å²) in [4.78, 5) is 36.5. The Morgan fingerprint density at radius 3 is 1.73 bits per heavy atom. The van der Waals surface area contributed by atoms with E-state index < -0.39 is 18.1 Å². The van der Waals surface area contributed by atoms with Crippen LogP contribution in [0.4, 0.5) is 0 Å². The molecule has 0 rings (SSSR count). The molecule has 0 aromatic carbocycles. The molecule has 0 heterocycles. The van der Waals surface area contributed by atoms with Crippen LogP contribution in [0.5, 0.6) is 0 Å². The van der Waals surface area contributed by atoms with Gasteiger partial charge in [0.1, 0.15) is 12.6 Å². The number of hydrogen-bond acceptors (Lipinski definition) is 7. The van der Waals surface area contributed by atoms with Gasteiger partial charge in [-0.1, -0.05) is 114 Å². The van der Waals surface area contributed by atoms with Crippen molar-refractivity contribution in [3.05, 3.63) is 48.6 Å². The number of carboxylic acids is 1. The lowest BCUT2D eigenvalue weighted by Crippen LogP contribution is -2.55. The molecular weight excluding hydrogens is 606 g/mol. The van der Waals surface area contributed by atoms with Crippen LogP contribution >= 0.6 is 0 Å². The molecule has 0 amide bonds. The first-order valence-corrected chi connectivity index (χ1v) is 18.7. The lowest BCUT2D eigenvalue weighted by molar-refractivity contribution is -0.889. The predicted octanol–water partition coefficient (Wildman–Crippen LogP) is 7.96. The summed E-state index contributed by atoms with van der Waals surface area (Å²) in [5, 5.41) is 11.6. The van der Waals surface area contributed by atoms with Crippen molar-refractivity contribution in [3.8, 4) is 0 Å². The van der Waals surface area contributed by atoms with Crippen LogP contribution in [0.25, 0.3) is 0 Å². The van der Waals surface area contributed by atoms with Gasteiger partial charge in [-0.25, -0.2) is 0 Å². The summed E-state index contributed by atoms with van der Waals surface area (Å²) in [6.07, 6.45) is 34.3. The van der Waals surface area contributed by atoms with E-state index >= 15 is 0 Å². The molecule has 0 aromatic rings. The van der Waals surface area contributed by atoms with Crippen LogP contribution in [0.15, 0.2) is 48.6 Å². The molecule has 0 radical (unpaired) electrons. The van der Waals surface area contributed by atoms with Crippen molar-refractivity contribution < 1.29 is 38.2 Å². The maximum atomic E-state index is 12.6. The van der Waals surface area contributed by atoms with Crippen molar-refractivity contribution >= 4 is 17.9 Å². The zero-order valence-electron chi connectivity index (χ0n) is 31.1. The molecule has 0 fully saturated rings. The number of hydrogen-bond donors (Lipinski definition) is 0. The number of unbranched alkanes of at least 4 members (excludes halogenated alkanes) is 10. The second kappa shape index (κ2) is 31.6. The van der Waals surface area contributed by atoms with E-state index in [2.05, 4.69) is 62.5 Å². The van der Waals surface area contributed by atoms with Gasteiger partial charge in [-0.2, -0.15) is 0 Å². The molecule has 0 saturated heterocycles. The van der Waals surface area contributed by atoms with Crippen LogP contribution in [0.3, 0.4) is 0 Å². The SMILES string of the molecule is CC/C=C\C/C=C\C/C=C\C/C=C\CCCCC(=O)OC(COCCC(C(=O)[O-])[N+](C)(C)C)COC(=O)CCCCCCCCCCC. The fourth-order valence-corrected chi connectivity index (χ4v) is 5.06. The third kappa shape index (κ3) is 29.4. The average molecular weight is 676 g/mol. The van der Waals surface area contributed by atoms with Gasteiger partial charge >= 0.3 is 11.9 Å². The fraction of sp³-hybridized carbons (Fsp3) is 0.725. The van der Waals surface area contributed by atoms with Gasteiger partial charge in [0.25, 0.3) is 0 Å². The van der Waals surface area contributed by atoms with E-state index in [4.69, 9.17) is 14.2 Å². The highest BCUT2D eigenvalue weighted by Crippen LogP contribution is 2.12. The van der Waals surface area contributed by atoms with E-state index in [9.17, 15) is 19.5 Å². The molecule has 0 bridgehead atoms. The number of allylic oxidation sites excluding steroid dienone is 8. The summed E-state index contributed by atoms with van der Waals surface area (Å²) in [6, 6.07) is -0.731. The molecule has 2 unspecified atom stereocenters. The smallest absolute Gasteiger partial charge is 0.306 e. The Bertz CT molecular complexity index is 932. The largest absolute Gasteiger partial charge is 0.544 e. The zero-order chi connectivity index (χ0) is 35.7. The molecule has 0 aliphatic heterocycles. The minimum atomic E-state index is -1.13. The van der Waals surface area contributed by atoms with Crippen molar-refractivity contribution in [2.45, 2.75) is 148 Å². The Labute approximate surface area is 293 Å². The van der Waals surface area contributed by atoms with E-state index in [1.807, 2.05) is 0 Å². The van der Waals surface area contributed by atoms with Crippen molar-refractivity contribution in [1.82, 2.24) is 0 Å². The number of quaternary nitrogens is 1. The number of likely N-dealkylation sites (N-methyl/N-ethyl adjacent to an activating group) is 1. The average Bonchev–Trinajstić information content (AvgIpc) is 3.03. The van der Waals surface area contributed by atoms with Gasteiger partial charge in [0.15, 0.2) is 6.10 Å². The molecule has 0 aliphatic rings. The molecule has 276 valence electrons. The van der Waals surface area contributed by atoms with Gasteiger partial charge in [0.2, 0.25) is 0 Å². The number of carbonyl (C=O) groups excluding carboxylic acids is 3. The molecule has 8 heteroatoms. The van der Waals surface area contributed by atoms with Crippen LogP contribution in [-0.4, -0.2) is 75.5 Å². The van der Waals surface area contributed by atoms with Crippen LogP contribution < -0.4 is 5.11 Å². The Balaban J connectivity index is 4.52. The van der Waals surface area contributed by atoms with Crippen LogP contribution in [0.2, 0.25) is 0 Å². The maximum Gasteiger partial charge on any atom is 0.306 e. The topological polar surface area (TPSA) is 102 Å². The van der Waals surface area contributed by atoms with E-state index in [0.29, 0.717) is 12.8 Å². The highest BCUT2D eigenvalue weighted by Gasteiger charge is 2.25. The second-order valence-electron chi connectivity index (χ2n) is 13.4. The molecule has 0 N–H and O–H groups in total. The lowest BCUT2D eigenvalue weighted by atomic mass is 10.1. The third-order valence-electron chi connectivity index (χ3n) is 7.98. The van der Waals surface area contributed by atoms with Crippen LogP contribution in [-0.2, 0) is 28.6 Å². The standard InChI is InChI=1S/C40H69NO7/c1-6-8-10-12-14-16-17-18-19-20-21-23-25-27-29-31-39(43)48-36(34-46-33-32-37(40(44)45)41(3,4)5)35-47-38(42)30-28-26-24-22-15-13-11-9-7-2/h8,10,14,16,18-19,21,23,36-37H,6-7,9,11-13,15,17,20,22,24-35H2,1-5H3/b10-8-,16-14-,19-18-,23-21-. The molecule has 0 aliphatic carbocycles. The van der Waals surface area contributed by atoms with Crippen LogP contribution in [0.1, 0.15) is 136 Å². The number of esters is 2. The van der Waals surface area contributed by atoms with Crippen molar-refractivity contribution in [2.75, 3.05) is 41.0 Å². The number of rotatable bonds is 32. The molecule has 8 nitrogen and oxygen atoms in total. The highest BCUT2D eigenvalue weighted by molar-refractivity contribution is 5.70. The zero-order valence-corrected chi connectivity index (χ0v) is 31.1. The Morgan fingerprint density at radius 1 is 0.646 bits per heavy atom. The molecule has 0 spiro atoms. The quantitative estimate of drug-likeness (QED) is 0.0309. The first-order chi connectivity index (χ1) is 23.1. The fourth-order valence-electron chi connectivity index (χ4n) is 5.06. The number of carbonyl (C=O) groups is 3. The number of aliphatic carboxylic acids is 1. The van der Waals surface area contributed by atoms with Gasteiger partial charge in [0.05, 0.1) is 40.3 Å². The van der Waals surface area contributed by atoms with Gasteiger partial charge in [-0.15, -0.1) is 0 Å². The van der Waals surface area contributed by atoms with Crippen molar-refractivity contribution in [2.24, 2.45) is 0 Å². The van der Waals surface area contributed by atoms with E-state index in [0.717, 1.165) is 57.8 Å². The van der Waals surface area contributed by atoms with Gasteiger partial charge in [-0.3, -0.25) is 9.59 Å². The third-order valence-corrected chi connectivity index (χ3v) is 7.98. The van der Waals surface area contributed by atoms with Gasteiger partial charge in [0, 0.05) is 19.3 Å². The molecule has 48 heavy (non-hydrogen) atoms.